The van der Waals surface area contributed by atoms with E-state index in [2.05, 4.69) is 11.8 Å². The fraction of sp³-hybridized carbons (Fsp3) is 0.357. The first-order chi connectivity index (χ1) is 6.91. The Kier molecular flexibility index (Phi) is 3.31. The molecule has 0 aliphatic heterocycles. The van der Waals surface area contributed by atoms with Crippen molar-refractivity contribution in [3.8, 4) is 11.8 Å². The maximum atomic E-state index is 11.6. The number of aryl methyl sites for hydroxylation is 1. The number of rotatable bonds is 0. The fourth-order valence-electron chi connectivity index (χ4n) is 1.02. The van der Waals surface area contributed by atoms with Crippen LogP contribution in [0, 0.1) is 24.2 Å². The molecule has 0 spiro atoms. The van der Waals surface area contributed by atoms with Gasteiger partial charge in [0.05, 0.1) is 0 Å². The van der Waals surface area contributed by atoms with E-state index in [0.717, 1.165) is 11.1 Å². The van der Waals surface area contributed by atoms with E-state index in [4.69, 9.17) is 0 Å². The van der Waals surface area contributed by atoms with Gasteiger partial charge in [-0.1, -0.05) is 44.9 Å². The van der Waals surface area contributed by atoms with E-state index in [1.807, 2.05) is 52.0 Å². The highest BCUT2D eigenvalue weighted by atomic mass is 16.1. The summed E-state index contributed by atoms with van der Waals surface area (Å²) in [5.41, 5.74) is 1.65. The highest BCUT2D eigenvalue weighted by molar-refractivity contribution is 5.99. The topological polar surface area (TPSA) is 17.1 Å². The van der Waals surface area contributed by atoms with Crippen LogP contribution in [-0.4, -0.2) is 5.78 Å². The van der Waals surface area contributed by atoms with Crippen LogP contribution in [0.1, 0.15) is 31.9 Å². The van der Waals surface area contributed by atoms with Gasteiger partial charge in [-0.05, 0) is 24.5 Å². The Labute approximate surface area is 91.5 Å². The quantitative estimate of drug-likeness (QED) is 0.588. The molecule has 0 N–H and O–H groups in total. The molecule has 0 saturated heterocycles. The minimum Gasteiger partial charge on any atom is -0.284 e. The number of carbonyl (C=O) groups is 1. The molecule has 0 aromatic heterocycles. The summed E-state index contributed by atoms with van der Waals surface area (Å²) in [6, 6.07) is 7.81. The standard InChI is InChI=1S/C14H16O/c1-11-7-5-6-8-12(11)9-10-13(15)14(2,3)4/h5-8H,1-4H3. The van der Waals surface area contributed by atoms with Crippen molar-refractivity contribution >= 4 is 5.78 Å². The first-order valence-corrected chi connectivity index (χ1v) is 5.03. The zero-order valence-electron chi connectivity index (χ0n) is 9.72. The van der Waals surface area contributed by atoms with Crippen molar-refractivity contribution in [3.05, 3.63) is 35.4 Å². The number of Topliss-reactive ketones (excluding diaryl/α,β-unsaturated/α-hetero) is 1. The molecule has 1 aromatic rings. The number of benzene rings is 1. The van der Waals surface area contributed by atoms with E-state index in [1.54, 1.807) is 0 Å². The molecule has 0 amide bonds. The molecule has 0 atom stereocenters. The molecule has 15 heavy (non-hydrogen) atoms. The zero-order chi connectivity index (χ0) is 11.5. The molecule has 0 radical (unpaired) electrons. The van der Waals surface area contributed by atoms with Gasteiger partial charge < -0.3 is 0 Å². The Bertz CT molecular complexity index is 425. The summed E-state index contributed by atoms with van der Waals surface area (Å²) in [4.78, 5) is 11.6. The van der Waals surface area contributed by atoms with Crippen LogP contribution in [0.3, 0.4) is 0 Å². The van der Waals surface area contributed by atoms with E-state index >= 15 is 0 Å². The van der Waals surface area contributed by atoms with Gasteiger partial charge in [-0.15, -0.1) is 0 Å². The number of hydrogen-bond donors (Lipinski definition) is 0. The van der Waals surface area contributed by atoms with E-state index in [9.17, 15) is 4.79 Å². The first kappa shape index (κ1) is 11.5. The van der Waals surface area contributed by atoms with Crippen LogP contribution in [-0.2, 0) is 4.79 Å². The molecule has 1 heteroatoms. The van der Waals surface area contributed by atoms with E-state index < -0.39 is 0 Å². The third-order valence-electron chi connectivity index (χ3n) is 2.14. The van der Waals surface area contributed by atoms with Gasteiger partial charge in [0.1, 0.15) is 0 Å². The molecule has 0 aliphatic carbocycles. The molecular weight excluding hydrogens is 184 g/mol. The summed E-state index contributed by atoms with van der Waals surface area (Å²) >= 11 is 0. The number of carbonyl (C=O) groups excluding carboxylic acids is 1. The summed E-state index contributed by atoms with van der Waals surface area (Å²) in [6.07, 6.45) is 0. The van der Waals surface area contributed by atoms with Crippen molar-refractivity contribution < 1.29 is 4.79 Å². The Balaban J connectivity index is 2.93. The molecule has 1 rings (SSSR count). The summed E-state index contributed by atoms with van der Waals surface area (Å²) in [7, 11) is 0. The molecule has 0 saturated carbocycles. The van der Waals surface area contributed by atoms with Gasteiger partial charge in [-0.25, -0.2) is 0 Å². The zero-order valence-corrected chi connectivity index (χ0v) is 9.72. The Morgan fingerprint density at radius 1 is 1.20 bits per heavy atom. The van der Waals surface area contributed by atoms with Gasteiger partial charge in [0.2, 0.25) is 5.78 Å². The van der Waals surface area contributed by atoms with Crippen molar-refractivity contribution in [2.75, 3.05) is 0 Å². The normalized spacial score (nSPS) is 10.4. The average molecular weight is 200 g/mol. The fourth-order valence-corrected chi connectivity index (χ4v) is 1.02. The molecule has 0 unspecified atom stereocenters. The monoisotopic (exact) mass is 200 g/mol. The van der Waals surface area contributed by atoms with E-state index in [1.165, 1.54) is 0 Å². The smallest absolute Gasteiger partial charge is 0.211 e. The van der Waals surface area contributed by atoms with Crippen molar-refractivity contribution in [2.45, 2.75) is 27.7 Å². The predicted molar refractivity (Wildman–Crippen MR) is 62.5 cm³/mol. The second-order valence-electron chi connectivity index (χ2n) is 4.64. The molecule has 78 valence electrons. The van der Waals surface area contributed by atoms with Gasteiger partial charge in [0.15, 0.2) is 0 Å². The molecule has 0 fully saturated rings. The van der Waals surface area contributed by atoms with Crippen LogP contribution in [0.25, 0.3) is 0 Å². The van der Waals surface area contributed by atoms with Crippen LogP contribution < -0.4 is 0 Å². The molecule has 1 aromatic carbocycles. The third-order valence-corrected chi connectivity index (χ3v) is 2.14. The minimum atomic E-state index is -0.379. The summed E-state index contributed by atoms with van der Waals surface area (Å²) in [5.74, 6) is 5.59. The SMILES string of the molecule is Cc1ccccc1C#CC(=O)C(C)(C)C. The Hall–Kier alpha value is -1.55. The highest BCUT2D eigenvalue weighted by Gasteiger charge is 2.18. The maximum Gasteiger partial charge on any atom is 0.211 e. The lowest BCUT2D eigenvalue weighted by molar-refractivity contribution is -0.120. The lowest BCUT2D eigenvalue weighted by atomic mass is 9.91. The van der Waals surface area contributed by atoms with E-state index in [-0.39, 0.29) is 11.2 Å². The van der Waals surface area contributed by atoms with Crippen LogP contribution >= 0.6 is 0 Å². The van der Waals surface area contributed by atoms with Gasteiger partial charge in [0, 0.05) is 11.0 Å². The number of hydrogen-bond acceptors (Lipinski definition) is 1. The largest absolute Gasteiger partial charge is 0.284 e. The number of ketones is 1. The molecule has 0 bridgehead atoms. The summed E-state index contributed by atoms with van der Waals surface area (Å²) in [6.45, 7) is 7.62. The van der Waals surface area contributed by atoms with E-state index in [0.29, 0.717) is 0 Å². The predicted octanol–water partition coefficient (Wildman–Crippen LogP) is 2.96. The molecule has 0 heterocycles. The second kappa shape index (κ2) is 4.31. The van der Waals surface area contributed by atoms with Gasteiger partial charge in [-0.2, -0.15) is 0 Å². The van der Waals surface area contributed by atoms with Gasteiger partial charge >= 0.3 is 0 Å². The summed E-state index contributed by atoms with van der Waals surface area (Å²) in [5, 5.41) is 0. The van der Waals surface area contributed by atoms with Crippen molar-refractivity contribution in [1.82, 2.24) is 0 Å². The summed E-state index contributed by atoms with van der Waals surface area (Å²) < 4.78 is 0. The average Bonchev–Trinajstić information content (AvgIpc) is 2.14. The maximum absolute atomic E-state index is 11.6. The second-order valence-corrected chi connectivity index (χ2v) is 4.64. The lowest BCUT2D eigenvalue weighted by Crippen LogP contribution is -2.17. The third kappa shape index (κ3) is 3.25. The minimum absolute atomic E-state index is 0.0225. The van der Waals surface area contributed by atoms with Crippen LogP contribution in [0.15, 0.2) is 24.3 Å². The lowest BCUT2D eigenvalue weighted by Gasteiger charge is -2.10. The Morgan fingerprint density at radius 3 is 2.33 bits per heavy atom. The van der Waals surface area contributed by atoms with Gasteiger partial charge in [-0.3, -0.25) is 4.79 Å². The van der Waals surface area contributed by atoms with Gasteiger partial charge in [0.25, 0.3) is 0 Å². The molecular formula is C14H16O. The highest BCUT2D eigenvalue weighted by Crippen LogP contribution is 2.13. The van der Waals surface area contributed by atoms with Crippen LogP contribution in [0.2, 0.25) is 0 Å². The van der Waals surface area contributed by atoms with Crippen LogP contribution in [0.5, 0.6) is 0 Å². The molecule has 1 nitrogen and oxygen atoms in total. The Morgan fingerprint density at radius 2 is 1.80 bits per heavy atom. The molecule has 0 aliphatic rings. The first-order valence-electron chi connectivity index (χ1n) is 5.03. The van der Waals surface area contributed by atoms with Crippen molar-refractivity contribution in [2.24, 2.45) is 5.41 Å². The van der Waals surface area contributed by atoms with Crippen LogP contribution in [0.4, 0.5) is 0 Å². The van der Waals surface area contributed by atoms with Crippen molar-refractivity contribution in [1.29, 1.82) is 0 Å². The van der Waals surface area contributed by atoms with Crippen molar-refractivity contribution in [3.63, 3.8) is 0 Å².